The fourth-order valence-electron chi connectivity index (χ4n) is 1.00. The molecule has 74 valence electrons. The SMILES string of the molecule is N#CCc1c(C(F)F)cnc(N)c1I. The summed E-state index contributed by atoms with van der Waals surface area (Å²) >= 11 is 1.82. The first-order valence-electron chi connectivity index (χ1n) is 3.65. The van der Waals surface area contributed by atoms with Crippen LogP contribution in [0.3, 0.4) is 0 Å². The highest BCUT2D eigenvalue weighted by Gasteiger charge is 2.17. The van der Waals surface area contributed by atoms with Gasteiger partial charge in [0.1, 0.15) is 5.82 Å². The van der Waals surface area contributed by atoms with Crippen LogP contribution in [-0.2, 0) is 6.42 Å². The number of nitrogens with zero attached hydrogens (tertiary/aromatic N) is 2. The Labute approximate surface area is 93.1 Å². The molecule has 1 aromatic rings. The molecular formula is C8H6F2IN3. The lowest BCUT2D eigenvalue weighted by atomic mass is 10.1. The molecular weight excluding hydrogens is 303 g/mol. The zero-order valence-electron chi connectivity index (χ0n) is 6.97. The Morgan fingerprint density at radius 1 is 1.64 bits per heavy atom. The van der Waals surface area contributed by atoms with Gasteiger partial charge in [-0.25, -0.2) is 13.8 Å². The van der Waals surface area contributed by atoms with Crippen molar-refractivity contribution < 1.29 is 8.78 Å². The zero-order chi connectivity index (χ0) is 10.7. The molecule has 0 spiro atoms. The average Bonchev–Trinajstić information content (AvgIpc) is 2.13. The van der Waals surface area contributed by atoms with Gasteiger partial charge in [-0.3, -0.25) is 0 Å². The van der Waals surface area contributed by atoms with Crippen LogP contribution in [0.25, 0.3) is 0 Å². The van der Waals surface area contributed by atoms with Gasteiger partial charge in [0.15, 0.2) is 0 Å². The van der Waals surface area contributed by atoms with Gasteiger partial charge < -0.3 is 5.73 Å². The number of nitrogens with two attached hydrogens (primary N) is 1. The minimum atomic E-state index is -2.63. The molecule has 2 N–H and O–H groups in total. The summed E-state index contributed by atoms with van der Waals surface area (Å²) in [4.78, 5) is 3.62. The van der Waals surface area contributed by atoms with Crippen LogP contribution in [0.4, 0.5) is 14.6 Å². The minimum absolute atomic E-state index is 0.0787. The van der Waals surface area contributed by atoms with Crippen molar-refractivity contribution >= 4 is 28.4 Å². The first-order chi connectivity index (χ1) is 6.57. The van der Waals surface area contributed by atoms with E-state index in [-0.39, 0.29) is 23.4 Å². The Bertz CT molecular complexity index is 387. The maximum absolute atomic E-state index is 12.5. The quantitative estimate of drug-likeness (QED) is 0.853. The van der Waals surface area contributed by atoms with Gasteiger partial charge in [-0.15, -0.1) is 0 Å². The average molecular weight is 309 g/mol. The van der Waals surface area contributed by atoms with E-state index in [9.17, 15) is 8.78 Å². The van der Waals surface area contributed by atoms with Crippen molar-refractivity contribution in [3.05, 3.63) is 20.9 Å². The molecule has 0 aromatic carbocycles. The van der Waals surface area contributed by atoms with Gasteiger partial charge in [-0.1, -0.05) is 0 Å². The van der Waals surface area contributed by atoms with E-state index in [0.29, 0.717) is 3.57 Å². The summed E-state index contributed by atoms with van der Waals surface area (Å²) in [6, 6.07) is 1.83. The maximum Gasteiger partial charge on any atom is 0.265 e. The molecule has 3 nitrogen and oxygen atoms in total. The molecule has 0 aliphatic rings. The number of nitriles is 1. The van der Waals surface area contributed by atoms with E-state index < -0.39 is 6.43 Å². The lowest BCUT2D eigenvalue weighted by Gasteiger charge is -2.08. The van der Waals surface area contributed by atoms with Crippen molar-refractivity contribution in [3.63, 3.8) is 0 Å². The first-order valence-corrected chi connectivity index (χ1v) is 4.73. The fraction of sp³-hybridized carbons (Fsp3) is 0.250. The molecule has 0 amide bonds. The molecule has 0 aliphatic heterocycles. The number of halogens is 3. The van der Waals surface area contributed by atoms with Crippen molar-refractivity contribution in [1.82, 2.24) is 4.98 Å². The minimum Gasteiger partial charge on any atom is -0.383 e. The number of aromatic nitrogens is 1. The Morgan fingerprint density at radius 2 is 2.29 bits per heavy atom. The van der Waals surface area contributed by atoms with E-state index in [4.69, 9.17) is 11.0 Å². The van der Waals surface area contributed by atoms with E-state index in [1.54, 1.807) is 0 Å². The summed E-state index contributed by atoms with van der Waals surface area (Å²) in [5.74, 6) is 0.181. The number of nitrogen functional groups attached to an aromatic ring is 1. The maximum atomic E-state index is 12.5. The van der Waals surface area contributed by atoms with Crippen molar-refractivity contribution in [2.75, 3.05) is 5.73 Å². The van der Waals surface area contributed by atoms with Crippen LogP contribution in [-0.4, -0.2) is 4.98 Å². The molecule has 6 heteroatoms. The van der Waals surface area contributed by atoms with E-state index >= 15 is 0 Å². The topological polar surface area (TPSA) is 62.7 Å². The van der Waals surface area contributed by atoms with Gasteiger partial charge in [0.05, 0.1) is 16.1 Å². The van der Waals surface area contributed by atoms with Crippen molar-refractivity contribution in [2.24, 2.45) is 0 Å². The summed E-state index contributed by atoms with van der Waals surface area (Å²) in [5, 5.41) is 8.48. The molecule has 0 fully saturated rings. The van der Waals surface area contributed by atoms with Gasteiger partial charge in [0.25, 0.3) is 6.43 Å². The van der Waals surface area contributed by atoms with Crippen LogP contribution >= 0.6 is 22.6 Å². The van der Waals surface area contributed by atoms with Crippen molar-refractivity contribution in [1.29, 1.82) is 5.26 Å². The zero-order valence-corrected chi connectivity index (χ0v) is 9.12. The smallest absolute Gasteiger partial charge is 0.265 e. The lowest BCUT2D eigenvalue weighted by molar-refractivity contribution is 0.150. The Kier molecular flexibility index (Phi) is 3.57. The molecule has 0 saturated carbocycles. The molecule has 0 saturated heterocycles. The normalized spacial score (nSPS) is 10.2. The summed E-state index contributed by atoms with van der Waals surface area (Å²) < 4.78 is 25.4. The highest BCUT2D eigenvalue weighted by atomic mass is 127. The van der Waals surface area contributed by atoms with Crippen molar-refractivity contribution in [2.45, 2.75) is 12.8 Å². The van der Waals surface area contributed by atoms with Crippen LogP contribution in [0, 0.1) is 14.9 Å². The molecule has 0 aliphatic carbocycles. The predicted octanol–water partition coefficient (Wildman–Crippen LogP) is 2.27. The van der Waals surface area contributed by atoms with Gasteiger partial charge in [0, 0.05) is 11.8 Å². The number of hydrogen-bond donors (Lipinski definition) is 1. The van der Waals surface area contributed by atoms with E-state index in [2.05, 4.69) is 4.98 Å². The monoisotopic (exact) mass is 309 g/mol. The van der Waals surface area contributed by atoms with Crippen LogP contribution in [0.5, 0.6) is 0 Å². The summed E-state index contributed by atoms with van der Waals surface area (Å²) in [5.41, 5.74) is 5.50. The highest BCUT2D eigenvalue weighted by Crippen LogP contribution is 2.28. The number of rotatable bonds is 2. The Morgan fingerprint density at radius 3 is 2.79 bits per heavy atom. The number of hydrogen-bond acceptors (Lipinski definition) is 3. The van der Waals surface area contributed by atoms with Crippen molar-refractivity contribution in [3.8, 4) is 6.07 Å². The van der Waals surface area contributed by atoms with Crippen LogP contribution in [0.2, 0.25) is 0 Å². The number of alkyl halides is 2. The lowest BCUT2D eigenvalue weighted by Crippen LogP contribution is -2.03. The Hall–Kier alpha value is -0.970. The number of pyridine rings is 1. The second-order valence-corrected chi connectivity index (χ2v) is 3.61. The molecule has 1 heterocycles. The molecule has 0 unspecified atom stereocenters. The fourth-order valence-corrected chi connectivity index (χ4v) is 1.64. The highest BCUT2D eigenvalue weighted by molar-refractivity contribution is 14.1. The van der Waals surface area contributed by atoms with Crippen LogP contribution in [0.1, 0.15) is 17.6 Å². The second-order valence-electron chi connectivity index (χ2n) is 2.53. The molecule has 0 radical (unpaired) electrons. The standard InChI is InChI=1S/C8H6F2IN3/c9-7(10)5-3-14-8(13)6(11)4(5)1-2-12/h3,7H,1H2,(H2,13,14). The van der Waals surface area contributed by atoms with Gasteiger partial charge >= 0.3 is 0 Å². The molecule has 1 rings (SSSR count). The summed E-state index contributed by atoms with van der Waals surface area (Å²) in [6.45, 7) is 0. The largest absolute Gasteiger partial charge is 0.383 e. The Balaban J connectivity index is 3.31. The van der Waals surface area contributed by atoms with E-state index in [1.807, 2.05) is 28.7 Å². The van der Waals surface area contributed by atoms with Gasteiger partial charge in [-0.2, -0.15) is 5.26 Å². The first kappa shape index (κ1) is 11.1. The predicted molar refractivity (Wildman–Crippen MR) is 55.6 cm³/mol. The molecule has 0 atom stereocenters. The third-order valence-electron chi connectivity index (χ3n) is 1.67. The van der Waals surface area contributed by atoms with Crippen LogP contribution < -0.4 is 5.73 Å². The van der Waals surface area contributed by atoms with E-state index in [0.717, 1.165) is 6.20 Å². The molecule has 1 aromatic heterocycles. The van der Waals surface area contributed by atoms with Crippen LogP contribution in [0.15, 0.2) is 6.20 Å². The molecule has 14 heavy (non-hydrogen) atoms. The van der Waals surface area contributed by atoms with E-state index in [1.165, 1.54) is 0 Å². The molecule has 0 bridgehead atoms. The van der Waals surface area contributed by atoms with Gasteiger partial charge in [-0.05, 0) is 28.2 Å². The summed E-state index contributed by atoms with van der Waals surface area (Å²) in [6.07, 6.45) is -1.68. The number of anilines is 1. The van der Waals surface area contributed by atoms with Gasteiger partial charge in [0.2, 0.25) is 0 Å². The third kappa shape index (κ3) is 2.09. The summed E-state index contributed by atoms with van der Waals surface area (Å²) in [7, 11) is 0. The third-order valence-corrected chi connectivity index (χ3v) is 2.88. The second kappa shape index (κ2) is 4.50.